The highest BCUT2D eigenvalue weighted by Crippen LogP contribution is 2.51. The zero-order valence-corrected chi connectivity index (χ0v) is 24.1. The molecular weight excluding hydrogens is 544 g/mol. The van der Waals surface area contributed by atoms with E-state index in [1.165, 1.54) is 12.1 Å². The summed E-state index contributed by atoms with van der Waals surface area (Å²) in [5.41, 5.74) is 0.824. The number of fused-ring (bicyclic) bond motifs is 6. The van der Waals surface area contributed by atoms with E-state index in [-0.39, 0.29) is 49.4 Å². The molecule has 214 valence electrons. The van der Waals surface area contributed by atoms with Crippen molar-refractivity contribution in [1.29, 1.82) is 0 Å². The van der Waals surface area contributed by atoms with Gasteiger partial charge in [-0.1, -0.05) is 129 Å². The molecule has 7 aromatic carbocycles. The van der Waals surface area contributed by atoms with Crippen molar-refractivity contribution in [2.24, 2.45) is 0 Å². The van der Waals surface area contributed by atoms with Crippen LogP contribution in [0, 0.1) is 6.92 Å². The summed E-state index contributed by atoms with van der Waals surface area (Å²) in [4.78, 5) is 4.75. The normalized spacial score (nSPS) is 18.4. The predicted molar refractivity (Wildman–Crippen MR) is 189 cm³/mol. The summed E-state index contributed by atoms with van der Waals surface area (Å²) in [6.07, 6.45) is 0. The van der Waals surface area contributed by atoms with Crippen LogP contribution in [0.1, 0.15) is 49.8 Å². The van der Waals surface area contributed by atoms with E-state index in [0.717, 1.165) is 5.52 Å². The van der Waals surface area contributed by atoms with Crippen molar-refractivity contribution >= 4 is 32.6 Å². The number of aryl methyl sites for hydroxylation is 1. The maximum atomic E-state index is 9.48. The number of aromatic nitrogens is 2. The second-order valence-electron chi connectivity index (χ2n) is 11.3. The highest BCUT2D eigenvalue weighted by Gasteiger charge is 2.35. The second-order valence-corrected chi connectivity index (χ2v) is 11.3. The number of rotatable bonds is 3. The molecule has 1 aliphatic carbocycles. The smallest absolute Gasteiger partial charge is 0.111 e. The number of nitrogens with zero attached hydrogens (tertiary/aromatic N) is 2. The van der Waals surface area contributed by atoms with Gasteiger partial charge in [-0.15, -0.1) is 0 Å². The van der Waals surface area contributed by atoms with Crippen LogP contribution >= 0.6 is 0 Å². The van der Waals surface area contributed by atoms with Crippen LogP contribution in [0.3, 0.4) is 0 Å². The molecule has 0 saturated carbocycles. The minimum Gasteiger partial charge on any atom is -0.296 e. The Morgan fingerprint density at radius 2 is 1.22 bits per heavy atom. The van der Waals surface area contributed by atoms with Crippen molar-refractivity contribution in [1.82, 2.24) is 9.55 Å². The van der Waals surface area contributed by atoms with E-state index in [1.54, 1.807) is 54.6 Å². The quantitative estimate of drug-likeness (QED) is 0.187. The monoisotopic (exact) mass is 590 g/mol. The van der Waals surface area contributed by atoms with Crippen molar-refractivity contribution in [2.75, 3.05) is 0 Å². The minimum atomic E-state index is -3.11. The molecule has 45 heavy (non-hydrogen) atoms. The summed E-state index contributed by atoms with van der Waals surface area (Å²) < 4.78 is 128. The first-order chi connectivity index (χ1) is 27.8. The van der Waals surface area contributed by atoms with Gasteiger partial charge in [-0.25, -0.2) is 4.98 Å². The Kier molecular flexibility index (Phi) is 3.28. The van der Waals surface area contributed by atoms with Crippen LogP contribution in [-0.2, 0) is 5.41 Å². The van der Waals surface area contributed by atoms with Crippen LogP contribution in [0.2, 0.25) is 0 Å². The van der Waals surface area contributed by atoms with Crippen LogP contribution < -0.4 is 0 Å². The molecule has 1 aromatic heterocycles. The van der Waals surface area contributed by atoms with Gasteiger partial charge in [0, 0.05) is 19.2 Å². The van der Waals surface area contributed by atoms with E-state index in [4.69, 9.17) is 18.7 Å². The van der Waals surface area contributed by atoms with E-state index >= 15 is 0 Å². The van der Waals surface area contributed by atoms with Crippen LogP contribution in [0.15, 0.2) is 139 Å². The fourth-order valence-corrected chi connectivity index (χ4v) is 6.95. The molecule has 9 rings (SSSR count). The lowest BCUT2D eigenvalue weighted by Gasteiger charge is -2.23. The topological polar surface area (TPSA) is 17.8 Å². The molecular formula is C43H32N2. The lowest BCUT2D eigenvalue weighted by Crippen LogP contribution is -2.14. The lowest BCUT2D eigenvalue weighted by atomic mass is 9.80. The molecule has 0 N–H and O–H groups in total. The summed E-state index contributed by atoms with van der Waals surface area (Å²) >= 11 is 0. The Morgan fingerprint density at radius 1 is 0.622 bits per heavy atom. The fourth-order valence-electron chi connectivity index (χ4n) is 6.95. The van der Waals surface area contributed by atoms with Crippen LogP contribution in [0.4, 0.5) is 0 Å². The van der Waals surface area contributed by atoms with E-state index in [2.05, 4.69) is 0 Å². The zero-order chi connectivity index (χ0) is 42.2. The van der Waals surface area contributed by atoms with Crippen molar-refractivity contribution in [3.8, 4) is 39.1 Å². The number of para-hydroxylation sites is 3. The Hall–Kier alpha value is -5.47. The van der Waals surface area contributed by atoms with Gasteiger partial charge in [0.15, 0.2) is 0 Å². The molecule has 1 heterocycles. The SMILES string of the molecule is [2H]c1c([2H])c([2H])c2c(-c3ccccc3-n3c(C)nc4ccccc43)c3c([2H])c([2H])c([2H])c([2H])c3c(-c3ccc4c(c3)C(C([2H])([2H])[2H])(C([2H])([2H])[2H])c3ccccc3-4)c2c1[2H]. The standard InChI is InChI=1S/C43H32N2/c1-27-44-38-21-11-13-23-40(38)45(27)39-22-12-9-19-35(39)42-33-17-6-4-15-31(33)41(32-16-5-7-18-34(32)42)28-24-25-30-29-14-8-10-20-36(29)43(2,3)37(30)26-28/h4-26H,1-3H3/i2D3,3D3,4D,5D,6D,7D,15D,16D,17D,18D. The molecule has 2 nitrogen and oxygen atoms in total. The average Bonchev–Trinajstić information content (AvgIpc) is 3.71. The van der Waals surface area contributed by atoms with Crippen LogP contribution in [0.25, 0.3) is 71.6 Å². The number of hydrogen-bond donors (Lipinski definition) is 0. The first kappa shape index (κ1) is 15.5. The molecule has 0 spiro atoms. The van der Waals surface area contributed by atoms with Gasteiger partial charge in [-0.2, -0.15) is 0 Å². The molecule has 0 unspecified atom stereocenters. The Morgan fingerprint density at radius 3 is 1.96 bits per heavy atom. The molecule has 1 aliphatic rings. The third-order valence-corrected chi connectivity index (χ3v) is 8.85. The molecule has 0 saturated heterocycles. The number of benzene rings is 7. The van der Waals surface area contributed by atoms with Gasteiger partial charge in [0.25, 0.3) is 0 Å². The zero-order valence-electron chi connectivity index (χ0n) is 38.1. The molecule has 8 aromatic rings. The highest BCUT2D eigenvalue weighted by atomic mass is 15.1. The van der Waals surface area contributed by atoms with Gasteiger partial charge >= 0.3 is 0 Å². The minimum absolute atomic E-state index is 0.0248. The van der Waals surface area contributed by atoms with Crippen molar-refractivity contribution in [3.05, 3.63) is 156 Å². The van der Waals surface area contributed by atoms with Gasteiger partial charge in [-0.3, -0.25) is 4.57 Å². The van der Waals surface area contributed by atoms with Gasteiger partial charge < -0.3 is 0 Å². The largest absolute Gasteiger partial charge is 0.296 e. The van der Waals surface area contributed by atoms with Gasteiger partial charge in [0.2, 0.25) is 0 Å². The molecule has 0 fully saturated rings. The van der Waals surface area contributed by atoms with Crippen LogP contribution in [0.5, 0.6) is 0 Å². The summed E-state index contributed by atoms with van der Waals surface area (Å²) in [5.74, 6) is 0.596. The first-order valence-corrected chi connectivity index (χ1v) is 14.6. The summed E-state index contributed by atoms with van der Waals surface area (Å²) in [5, 5.41) is -0.261. The van der Waals surface area contributed by atoms with Gasteiger partial charge in [-0.05, 0) is 91.7 Å². The van der Waals surface area contributed by atoms with Crippen molar-refractivity contribution in [3.63, 3.8) is 0 Å². The lowest BCUT2D eigenvalue weighted by molar-refractivity contribution is 0.660. The molecule has 0 bridgehead atoms. The second kappa shape index (κ2) is 9.51. The molecule has 0 radical (unpaired) electrons. The third kappa shape index (κ3) is 3.66. The highest BCUT2D eigenvalue weighted by molar-refractivity contribution is 6.22. The Balaban J connectivity index is 1.52. The van der Waals surface area contributed by atoms with E-state index in [0.29, 0.717) is 33.7 Å². The van der Waals surface area contributed by atoms with E-state index < -0.39 is 67.5 Å². The van der Waals surface area contributed by atoms with Crippen LogP contribution in [-0.4, -0.2) is 9.55 Å². The number of hydrogen-bond acceptors (Lipinski definition) is 1. The third-order valence-electron chi connectivity index (χ3n) is 8.85. The first-order valence-electron chi connectivity index (χ1n) is 21.6. The van der Waals surface area contributed by atoms with E-state index in [1.807, 2.05) is 35.8 Å². The maximum absolute atomic E-state index is 9.48. The fraction of sp³-hybridized carbons (Fsp3) is 0.0930. The molecule has 2 heteroatoms. The maximum Gasteiger partial charge on any atom is 0.111 e. The van der Waals surface area contributed by atoms with Gasteiger partial charge in [0.1, 0.15) is 5.82 Å². The van der Waals surface area contributed by atoms with E-state index in [9.17, 15) is 5.48 Å². The van der Waals surface area contributed by atoms with Crippen molar-refractivity contribution in [2.45, 2.75) is 26.0 Å². The Bertz CT molecular complexity index is 3050. The average molecular weight is 591 g/mol. The summed E-state index contributed by atoms with van der Waals surface area (Å²) in [7, 11) is 0. The Labute approximate surface area is 282 Å². The molecule has 0 amide bonds. The summed E-state index contributed by atoms with van der Waals surface area (Å²) in [6, 6.07) is 21.2. The predicted octanol–water partition coefficient (Wildman–Crippen LogP) is 11.3. The van der Waals surface area contributed by atoms with Gasteiger partial charge in [0.05, 0.1) is 27.7 Å². The van der Waals surface area contributed by atoms with Crippen molar-refractivity contribution < 1.29 is 19.2 Å². The number of imidazole rings is 1. The molecule has 0 atom stereocenters. The molecule has 0 aliphatic heterocycles. The summed E-state index contributed by atoms with van der Waals surface area (Å²) in [6.45, 7) is -4.41.